The Morgan fingerprint density at radius 1 is 1.16 bits per heavy atom. The second-order valence-corrected chi connectivity index (χ2v) is 8.28. The van der Waals surface area contributed by atoms with Crippen molar-refractivity contribution in [2.45, 2.75) is 25.7 Å². The number of likely N-dealkylation sites (N-methyl/N-ethyl adjacent to an activating group) is 1. The molecule has 2 N–H and O–H groups in total. The lowest BCUT2D eigenvalue weighted by Crippen LogP contribution is -2.64. The van der Waals surface area contributed by atoms with Gasteiger partial charge >= 0.3 is 6.03 Å². The number of amides is 3. The van der Waals surface area contributed by atoms with Crippen molar-refractivity contribution in [3.05, 3.63) is 70.8 Å². The van der Waals surface area contributed by atoms with Crippen molar-refractivity contribution in [3.8, 4) is 0 Å². The first-order valence-electron chi connectivity index (χ1n) is 10.00. The second-order valence-electron chi connectivity index (χ2n) is 7.88. The minimum atomic E-state index is -0.775. The van der Waals surface area contributed by atoms with Crippen molar-refractivity contribution >= 4 is 40.9 Å². The molecule has 1 fully saturated rings. The van der Waals surface area contributed by atoms with Gasteiger partial charge in [0.25, 0.3) is 5.91 Å². The molecule has 3 heterocycles. The fourth-order valence-electron chi connectivity index (χ4n) is 4.33. The largest absolute Gasteiger partial charge is 0.397 e. The Kier molecular flexibility index (Phi) is 4.59. The normalized spacial score (nSPS) is 22.2. The van der Waals surface area contributed by atoms with Crippen molar-refractivity contribution < 1.29 is 14.0 Å². The fraction of sp³-hybridized carbons (Fsp3) is 0.227. The third kappa shape index (κ3) is 2.85. The molecule has 5 rings (SSSR count). The number of halogens is 2. The summed E-state index contributed by atoms with van der Waals surface area (Å²) < 4.78 is 14.4. The Labute approximate surface area is 188 Å². The number of nitrogens with two attached hydrogens (primary N) is 1. The molecule has 2 aromatic rings. The van der Waals surface area contributed by atoms with Crippen LogP contribution in [0.15, 0.2) is 59.4 Å². The van der Waals surface area contributed by atoms with Crippen molar-refractivity contribution in [2.24, 2.45) is 4.99 Å². The lowest BCUT2D eigenvalue weighted by molar-refractivity contribution is -0.137. The number of carbonyl (C=O) groups excluding carboxylic acids is 2. The van der Waals surface area contributed by atoms with Crippen LogP contribution in [0.3, 0.4) is 0 Å². The molecule has 0 aliphatic carbocycles. The fourth-order valence-corrected chi connectivity index (χ4v) is 4.55. The Hall–Kier alpha value is -3.59. The van der Waals surface area contributed by atoms with Gasteiger partial charge in [0.15, 0.2) is 12.2 Å². The number of rotatable bonds is 3. The number of allylic oxidation sites excluding steroid dienone is 1. The molecule has 3 amide bonds. The van der Waals surface area contributed by atoms with Gasteiger partial charge in [-0.2, -0.15) is 0 Å². The lowest BCUT2D eigenvalue weighted by Gasteiger charge is -2.40. The van der Waals surface area contributed by atoms with Crippen LogP contribution in [-0.4, -0.2) is 51.9 Å². The van der Waals surface area contributed by atoms with E-state index in [1.54, 1.807) is 18.0 Å². The average molecular weight is 455 g/mol. The van der Waals surface area contributed by atoms with E-state index < -0.39 is 30.0 Å². The average Bonchev–Trinajstić information content (AvgIpc) is 3.27. The van der Waals surface area contributed by atoms with Crippen LogP contribution in [-0.2, 0) is 11.3 Å². The molecule has 0 radical (unpaired) electrons. The molecule has 2 atom stereocenters. The zero-order valence-corrected chi connectivity index (χ0v) is 18.1. The number of aliphatic imine (C=N–C) groups is 1. The quantitative estimate of drug-likeness (QED) is 0.720. The number of urea groups is 1. The van der Waals surface area contributed by atoms with Gasteiger partial charge < -0.3 is 15.5 Å². The van der Waals surface area contributed by atoms with E-state index >= 15 is 0 Å². The molecule has 0 bridgehead atoms. The van der Waals surface area contributed by atoms with Crippen molar-refractivity contribution in [2.75, 3.05) is 17.7 Å². The van der Waals surface area contributed by atoms with E-state index in [1.165, 1.54) is 23.1 Å². The number of para-hydroxylation sites is 2. The number of nitrogens with zero attached hydrogens (tertiary/aromatic N) is 5. The number of guanidine groups is 1. The molecule has 3 aliphatic rings. The minimum absolute atomic E-state index is 0.0914. The van der Waals surface area contributed by atoms with Crippen LogP contribution in [0.25, 0.3) is 0 Å². The van der Waals surface area contributed by atoms with Crippen molar-refractivity contribution in [1.29, 1.82) is 0 Å². The number of benzene rings is 2. The Morgan fingerprint density at radius 2 is 1.91 bits per heavy atom. The van der Waals surface area contributed by atoms with Crippen LogP contribution in [0.2, 0.25) is 5.02 Å². The molecule has 0 spiro atoms. The zero-order valence-electron chi connectivity index (χ0n) is 17.4. The Bertz CT molecular complexity index is 1190. The number of hydrogen-bond donors (Lipinski definition) is 1. The summed E-state index contributed by atoms with van der Waals surface area (Å²) in [6, 6.07) is 10.3. The van der Waals surface area contributed by atoms with Crippen molar-refractivity contribution in [1.82, 2.24) is 14.7 Å². The third-order valence-corrected chi connectivity index (χ3v) is 6.30. The lowest BCUT2D eigenvalue weighted by atomic mass is 10.1. The van der Waals surface area contributed by atoms with E-state index in [9.17, 15) is 14.0 Å². The zero-order chi connectivity index (χ0) is 22.7. The topological polar surface area (TPSA) is 85.5 Å². The molecule has 3 aliphatic heterocycles. The van der Waals surface area contributed by atoms with Gasteiger partial charge in [-0.1, -0.05) is 29.8 Å². The standard InChI is InChI=1S/C22H20ClFN6O2/c1-12-10-28-18-19(26-21(28)30(12)17-9-4-3-8-16(17)25)27(2)22(32)29(20(18)31)11-13-14(23)6-5-7-15(13)24/h3-10,18-19H,11,25H2,1-2H3. The van der Waals surface area contributed by atoms with Crippen LogP contribution < -0.4 is 10.6 Å². The monoisotopic (exact) mass is 454 g/mol. The number of carbonyl (C=O) groups is 2. The van der Waals surface area contributed by atoms with Crippen LogP contribution in [0.5, 0.6) is 0 Å². The molecule has 1 saturated heterocycles. The minimum Gasteiger partial charge on any atom is -0.397 e. The van der Waals surface area contributed by atoms with Gasteiger partial charge in [-0.25, -0.2) is 14.2 Å². The first-order chi connectivity index (χ1) is 15.3. The van der Waals surface area contributed by atoms with E-state index in [2.05, 4.69) is 0 Å². The predicted molar refractivity (Wildman–Crippen MR) is 119 cm³/mol. The van der Waals surface area contributed by atoms with Gasteiger partial charge in [0.05, 0.1) is 17.9 Å². The van der Waals surface area contributed by atoms with Crippen LogP contribution >= 0.6 is 11.6 Å². The molecule has 164 valence electrons. The summed E-state index contributed by atoms with van der Waals surface area (Å²) in [4.78, 5) is 37.2. The van der Waals surface area contributed by atoms with E-state index in [4.69, 9.17) is 22.3 Å². The van der Waals surface area contributed by atoms with Crippen LogP contribution in [0.1, 0.15) is 12.5 Å². The second kappa shape index (κ2) is 7.23. The molecular weight excluding hydrogens is 435 g/mol. The highest BCUT2D eigenvalue weighted by atomic mass is 35.5. The molecule has 32 heavy (non-hydrogen) atoms. The van der Waals surface area contributed by atoms with E-state index in [-0.39, 0.29) is 17.1 Å². The number of hydrogen-bond acceptors (Lipinski definition) is 6. The van der Waals surface area contributed by atoms with Crippen LogP contribution in [0.4, 0.5) is 20.6 Å². The Morgan fingerprint density at radius 3 is 2.62 bits per heavy atom. The highest BCUT2D eigenvalue weighted by molar-refractivity contribution is 6.31. The summed E-state index contributed by atoms with van der Waals surface area (Å²) in [5.74, 6) is -0.536. The first-order valence-corrected chi connectivity index (χ1v) is 10.4. The molecular formula is C22H20ClFN6O2. The molecule has 0 saturated carbocycles. The van der Waals surface area contributed by atoms with Gasteiger partial charge in [-0.15, -0.1) is 0 Å². The van der Waals surface area contributed by atoms with Gasteiger partial charge in [0.2, 0.25) is 5.96 Å². The molecule has 0 aromatic heterocycles. The molecule has 10 heteroatoms. The summed E-state index contributed by atoms with van der Waals surface area (Å²) in [5, 5.41) is 0.154. The van der Waals surface area contributed by atoms with Gasteiger partial charge in [-0.3, -0.25) is 14.6 Å². The summed E-state index contributed by atoms with van der Waals surface area (Å²) in [7, 11) is 1.58. The molecule has 2 aromatic carbocycles. The number of anilines is 2. The SMILES string of the molecule is CC1=CN2C(=NC3C2C(=O)N(Cc2c(F)cccc2Cl)C(=O)N3C)N1c1ccccc1N. The number of nitrogen functional groups attached to an aromatic ring is 1. The van der Waals surface area contributed by atoms with Crippen molar-refractivity contribution in [3.63, 3.8) is 0 Å². The van der Waals surface area contributed by atoms with Crippen LogP contribution in [0, 0.1) is 5.82 Å². The third-order valence-electron chi connectivity index (χ3n) is 5.94. The first kappa shape index (κ1) is 20.3. The highest BCUT2D eigenvalue weighted by Crippen LogP contribution is 2.38. The summed E-state index contributed by atoms with van der Waals surface area (Å²) in [5.41, 5.74) is 8.39. The van der Waals surface area contributed by atoms with E-state index in [1.807, 2.05) is 36.2 Å². The van der Waals surface area contributed by atoms with E-state index in [0.29, 0.717) is 11.6 Å². The Balaban J connectivity index is 1.51. The molecule has 8 nitrogen and oxygen atoms in total. The molecule has 2 unspecified atom stereocenters. The number of fused-ring (bicyclic) bond motifs is 3. The summed E-state index contributed by atoms with van der Waals surface area (Å²) >= 11 is 6.14. The maximum Gasteiger partial charge on any atom is 0.328 e. The smallest absolute Gasteiger partial charge is 0.328 e. The van der Waals surface area contributed by atoms with Gasteiger partial charge in [0, 0.05) is 29.5 Å². The highest BCUT2D eigenvalue weighted by Gasteiger charge is 2.54. The maximum absolute atomic E-state index is 14.4. The summed E-state index contributed by atoms with van der Waals surface area (Å²) in [6.07, 6.45) is 1.10. The summed E-state index contributed by atoms with van der Waals surface area (Å²) in [6.45, 7) is 1.62. The predicted octanol–water partition coefficient (Wildman–Crippen LogP) is 3.20. The maximum atomic E-state index is 14.4. The van der Waals surface area contributed by atoms with Gasteiger partial charge in [0.1, 0.15) is 5.82 Å². The van der Waals surface area contributed by atoms with Gasteiger partial charge in [-0.05, 0) is 31.2 Å². The van der Waals surface area contributed by atoms with E-state index in [0.717, 1.165) is 16.3 Å². The number of imide groups is 1.